The molecule has 0 aliphatic heterocycles. The van der Waals surface area contributed by atoms with Crippen molar-refractivity contribution in [1.82, 2.24) is 10.5 Å². The van der Waals surface area contributed by atoms with Crippen molar-refractivity contribution in [3.8, 4) is 0 Å². The first-order valence-electron chi connectivity index (χ1n) is 4.69. The van der Waals surface area contributed by atoms with E-state index in [1.807, 2.05) is 0 Å². The molecule has 15 heavy (non-hydrogen) atoms. The van der Waals surface area contributed by atoms with Crippen LogP contribution in [0.15, 0.2) is 10.6 Å². The van der Waals surface area contributed by atoms with E-state index in [2.05, 4.69) is 10.5 Å². The van der Waals surface area contributed by atoms with Gasteiger partial charge in [-0.2, -0.15) is 0 Å². The molecule has 6 nitrogen and oxygen atoms in total. The van der Waals surface area contributed by atoms with Gasteiger partial charge in [-0.05, 0) is 13.0 Å². The average Bonchev–Trinajstić information content (AvgIpc) is 2.66. The second-order valence-electron chi connectivity index (χ2n) is 3.07. The first-order chi connectivity index (χ1) is 7.24. The second kappa shape index (κ2) is 6.15. The van der Waals surface area contributed by atoms with Crippen molar-refractivity contribution in [3.05, 3.63) is 17.5 Å². The monoisotopic (exact) mass is 213 g/mol. The molecule has 0 saturated heterocycles. The van der Waals surface area contributed by atoms with Gasteiger partial charge in [-0.25, -0.2) is 0 Å². The van der Waals surface area contributed by atoms with Crippen LogP contribution in [-0.2, 0) is 11.3 Å². The van der Waals surface area contributed by atoms with E-state index in [-0.39, 0.29) is 5.69 Å². The SMILES string of the molecule is COCCCNCc1cc(C(N)=O)no1. The smallest absolute Gasteiger partial charge is 0.270 e. The molecule has 1 aromatic rings. The lowest BCUT2D eigenvalue weighted by Gasteiger charge is -2.00. The number of carbonyl (C=O) groups excluding carboxylic acids is 1. The fraction of sp³-hybridized carbons (Fsp3) is 0.556. The molecule has 0 aliphatic rings. The van der Waals surface area contributed by atoms with E-state index in [0.29, 0.717) is 12.3 Å². The predicted molar refractivity (Wildman–Crippen MR) is 53.2 cm³/mol. The van der Waals surface area contributed by atoms with Gasteiger partial charge in [0.15, 0.2) is 11.5 Å². The van der Waals surface area contributed by atoms with Crippen LogP contribution >= 0.6 is 0 Å². The Balaban J connectivity index is 2.23. The molecule has 1 aromatic heterocycles. The van der Waals surface area contributed by atoms with Gasteiger partial charge in [-0.1, -0.05) is 5.16 Å². The molecule has 1 heterocycles. The van der Waals surface area contributed by atoms with Crippen molar-refractivity contribution in [2.75, 3.05) is 20.3 Å². The number of nitrogens with zero attached hydrogens (tertiary/aromatic N) is 1. The molecule has 1 amide bonds. The summed E-state index contributed by atoms with van der Waals surface area (Å²) in [5.41, 5.74) is 5.18. The maximum absolute atomic E-state index is 10.7. The minimum absolute atomic E-state index is 0.156. The Morgan fingerprint density at radius 2 is 2.53 bits per heavy atom. The van der Waals surface area contributed by atoms with Crippen LogP contribution in [0.1, 0.15) is 22.7 Å². The van der Waals surface area contributed by atoms with Crippen molar-refractivity contribution in [3.63, 3.8) is 0 Å². The molecule has 0 aliphatic carbocycles. The minimum Gasteiger partial charge on any atom is -0.385 e. The summed E-state index contributed by atoms with van der Waals surface area (Å²) in [5.74, 6) is 0.0191. The number of nitrogens with two attached hydrogens (primary N) is 1. The van der Waals surface area contributed by atoms with Gasteiger partial charge in [-0.15, -0.1) is 0 Å². The molecule has 6 heteroatoms. The molecule has 0 unspecified atom stereocenters. The maximum Gasteiger partial charge on any atom is 0.270 e. The average molecular weight is 213 g/mol. The molecule has 0 spiro atoms. The fourth-order valence-corrected chi connectivity index (χ4v) is 1.07. The first-order valence-corrected chi connectivity index (χ1v) is 4.69. The number of nitrogens with one attached hydrogen (secondary N) is 1. The molecular weight excluding hydrogens is 198 g/mol. The van der Waals surface area contributed by atoms with E-state index >= 15 is 0 Å². The predicted octanol–water partition coefficient (Wildman–Crippen LogP) is -0.100. The standard InChI is InChI=1S/C9H15N3O3/c1-14-4-2-3-11-6-7-5-8(9(10)13)12-15-7/h5,11H,2-4,6H2,1H3,(H2,10,13). The molecular formula is C9H15N3O3. The van der Waals surface area contributed by atoms with Gasteiger partial charge in [0.2, 0.25) is 0 Å². The topological polar surface area (TPSA) is 90.4 Å². The highest BCUT2D eigenvalue weighted by Gasteiger charge is 2.07. The summed E-state index contributed by atoms with van der Waals surface area (Å²) in [4.78, 5) is 10.7. The van der Waals surface area contributed by atoms with Crippen LogP contribution in [0.25, 0.3) is 0 Å². The number of methoxy groups -OCH3 is 1. The number of carbonyl (C=O) groups is 1. The zero-order valence-electron chi connectivity index (χ0n) is 8.66. The molecule has 84 valence electrons. The van der Waals surface area contributed by atoms with Gasteiger partial charge in [0.1, 0.15) is 0 Å². The Kier molecular flexibility index (Phi) is 4.79. The second-order valence-corrected chi connectivity index (χ2v) is 3.07. The summed E-state index contributed by atoms with van der Waals surface area (Å²) in [5, 5.41) is 6.64. The Morgan fingerprint density at radius 3 is 3.13 bits per heavy atom. The quantitative estimate of drug-likeness (QED) is 0.617. The van der Waals surface area contributed by atoms with Gasteiger partial charge < -0.3 is 20.3 Å². The van der Waals surface area contributed by atoms with Gasteiger partial charge in [0, 0.05) is 19.8 Å². The molecule has 0 bridgehead atoms. The Bertz CT molecular complexity index is 311. The highest BCUT2D eigenvalue weighted by molar-refractivity contribution is 5.90. The summed E-state index contributed by atoms with van der Waals surface area (Å²) < 4.78 is 9.78. The highest BCUT2D eigenvalue weighted by Crippen LogP contribution is 2.01. The number of hydrogen-bond donors (Lipinski definition) is 2. The van der Waals surface area contributed by atoms with Crippen LogP contribution in [0.2, 0.25) is 0 Å². The van der Waals surface area contributed by atoms with E-state index in [4.69, 9.17) is 15.0 Å². The van der Waals surface area contributed by atoms with E-state index < -0.39 is 5.91 Å². The van der Waals surface area contributed by atoms with Crippen LogP contribution in [0.5, 0.6) is 0 Å². The molecule has 0 radical (unpaired) electrons. The fourth-order valence-electron chi connectivity index (χ4n) is 1.07. The zero-order valence-corrected chi connectivity index (χ0v) is 8.66. The van der Waals surface area contributed by atoms with Crippen molar-refractivity contribution in [2.24, 2.45) is 5.73 Å². The van der Waals surface area contributed by atoms with E-state index in [0.717, 1.165) is 19.6 Å². The third-order valence-corrected chi connectivity index (χ3v) is 1.81. The van der Waals surface area contributed by atoms with E-state index in [9.17, 15) is 4.79 Å². The molecule has 0 fully saturated rings. The first kappa shape index (κ1) is 11.7. The van der Waals surface area contributed by atoms with Crippen LogP contribution in [0.3, 0.4) is 0 Å². The van der Waals surface area contributed by atoms with Crippen molar-refractivity contribution < 1.29 is 14.1 Å². The third-order valence-electron chi connectivity index (χ3n) is 1.81. The highest BCUT2D eigenvalue weighted by atomic mass is 16.5. The number of amides is 1. The Hall–Kier alpha value is -1.40. The van der Waals surface area contributed by atoms with Crippen molar-refractivity contribution >= 4 is 5.91 Å². The van der Waals surface area contributed by atoms with Crippen molar-refractivity contribution in [1.29, 1.82) is 0 Å². The molecule has 0 saturated carbocycles. The summed E-state index contributed by atoms with van der Waals surface area (Å²) in [6.07, 6.45) is 0.924. The Labute approximate surface area is 87.8 Å². The largest absolute Gasteiger partial charge is 0.385 e. The van der Waals surface area contributed by atoms with Gasteiger partial charge in [0.05, 0.1) is 6.54 Å². The number of primary amides is 1. The zero-order chi connectivity index (χ0) is 11.1. The van der Waals surface area contributed by atoms with Crippen LogP contribution in [0, 0.1) is 0 Å². The van der Waals surface area contributed by atoms with Gasteiger partial charge in [0.25, 0.3) is 5.91 Å². The molecule has 3 N–H and O–H groups in total. The molecule has 0 aromatic carbocycles. The summed E-state index contributed by atoms with van der Waals surface area (Å²) in [7, 11) is 1.66. The minimum atomic E-state index is -0.579. The molecule has 1 rings (SSSR count). The van der Waals surface area contributed by atoms with Crippen LogP contribution in [0.4, 0.5) is 0 Å². The number of rotatable bonds is 7. The lowest BCUT2D eigenvalue weighted by molar-refractivity contribution is 0.0991. The lowest BCUT2D eigenvalue weighted by Crippen LogP contribution is -2.15. The van der Waals surface area contributed by atoms with Crippen molar-refractivity contribution in [2.45, 2.75) is 13.0 Å². The van der Waals surface area contributed by atoms with Gasteiger partial charge in [-0.3, -0.25) is 4.79 Å². The van der Waals surface area contributed by atoms with Gasteiger partial charge >= 0.3 is 0 Å². The third kappa shape index (κ3) is 4.09. The summed E-state index contributed by atoms with van der Waals surface area (Å²) >= 11 is 0. The Morgan fingerprint density at radius 1 is 1.73 bits per heavy atom. The van der Waals surface area contributed by atoms with Crippen LogP contribution in [-0.4, -0.2) is 31.3 Å². The molecule has 0 atom stereocenters. The van der Waals surface area contributed by atoms with Crippen LogP contribution < -0.4 is 11.1 Å². The van der Waals surface area contributed by atoms with E-state index in [1.165, 1.54) is 6.07 Å². The number of aromatic nitrogens is 1. The summed E-state index contributed by atoms with van der Waals surface area (Å²) in [6.45, 7) is 2.07. The van der Waals surface area contributed by atoms with E-state index in [1.54, 1.807) is 7.11 Å². The normalized spacial score (nSPS) is 10.5. The lowest BCUT2D eigenvalue weighted by atomic mass is 10.3. The maximum atomic E-state index is 10.7. The summed E-state index contributed by atoms with van der Waals surface area (Å²) in [6, 6.07) is 1.53. The number of ether oxygens (including phenoxy) is 1. The number of hydrogen-bond acceptors (Lipinski definition) is 5.